The fraction of sp³-hybridized carbons (Fsp3) is 0.800. The Hall–Kier alpha value is -1.06. The van der Waals surface area contributed by atoms with Crippen LogP contribution in [0.1, 0.15) is 6.92 Å². The van der Waals surface area contributed by atoms with Crippen molar-refractivity contribution in [1.29, 1.82) is 0 Å². The molecule has 8 heteroatoms. The highest BCUT2D eigenvalue weighted by molar-refractivity contribution is 5.75. The topological polar surface area (TPSA) is 123 Å². The summed E-state index contributed by atoms with van der Waals surface area (Å²) in [4.78, 5) is 21.5. The molecule has 1 heterocycles. The number of hydrogen-bond acceptors (Lipinski definition) is 7. The maximum Gasteiger partial charge on any atom is 0.364 e. The number of aliphatic hydroxyl groups is 2. The molecule has 0 aliphatic carbocycles. The predicted octanol–water partition coefficient (Wildman–Crippen LogP) is -1.86. The van der Waals surface area contributed by atoms with Gasteiger partial charge in [-0.15, -0.1) is 0 Å². The van der Waals surface area contributed by atoms with Gasteiger partial charge in [0.2, 0.25) is 0 Å². The number of ether oxygens (including phenoxy) is 3. The Labute approximate surface area is 103 Å². The van der Waals surface area contributed by atoms with E-state index >= 15 is 0 Å². The molecule has 0 saturated carbocycles. The summed E-state index contributed by atoms with van der Waals surface area (Å²) in [5, 5.41) is 28.1. The van der Waals surface area contributed by atoms with E-state index in [-0.39, 0.29) is 12.9 Å². The van der Waals surface area contributed by atoms with Crippen LogP contribution in [0.3, 0.4) is 0 Å². The van der Waals surface area contributed by atoms with Gasteiger partial charge in [-0.1, -0.05) is 0 Å². The summed E-state index contributed by atoms with van der Waals surface area (Å²) >= 11 is 0. The lowest BCUT2D eigenvalue weighted by atomic mass is 10.0. The molecule has 18 heavy (non-hydrogen) atoms. The average molecular weight is 264 g/mol. The first-order chi connectivity index (χ1) is 8.35. The van der Waals surface area contributed by atoms with E-state index in [1.54, 1.807) is 0 Å². The van der Waals surface area contributed by atoms with Crippen molar-refractivity contribution < 1.29 is 39.1 Å². The van der Waals surface area contributed by atoms with Crippen LogP contribution in [0.2, 0.25) is 0 Å². The number of aliphatic hydroxyl groups excluding tert-OH is 2. The van der Waals surface area contributed by atoms with Gasteiger partial charge in [0, 0.05) is 14.0 Å². The molecule has 0 unspecified atom stereocenters. The van der Waals surface area contributed by atoms with Crippen molar-refractivity contribution in [3.63, 3.8) is 0 Å². The third-order valence-electron chi connectivity index (χ3n) is 2.73. The molecule has 8 nitrogen and oxygen atoms in total. The number of carboxylic acids is 1. The second-order valence-electron chi connectivity index (χ2n) is 4.04. The maximum atomic E-state index is 11.0. The number of rotatable bonds is 5. The fourth-order valence-corrected chi connectivity index (χ4v) is 1.65. The van der Waals surface area contributed by atoms with Crippen molar-refractivity contribution in [2.45, 2.75) is 37.1 Å². The number of carbonyl (C=O) groups is 2. The zero-order valence-corrected chi connectivity index (χ0v) is 9.98. The highest BCUT2D eigenvalue weighted by Crippen LogP contribution is 2.27. The minimum Gasteiger partial charge on any atom is -0.477 e. The summed E-state index contributed by atoms with van der Waals surface area (Å²) in [6.45, 7) is 0.854. The van der Waals surface area contributed by atoms with Crippen molar-refractivity contribution >= 4 is 12.3 Å². The van der Waals surface area contributed by atoms with Crippen LogP contribution < -0.4 is 0 Å². The van der Waals surface area contributed by atoms with E-state index in [1.807, 2.05) is 0 Å². The number of hydrogen-bond donors (Lipinski definition) is 3. The first-order valence-corrected chi connectivity index (χ1v) is 5.25. The average Bonchev–Trinajstić information content (AvgIpc) is 2.34. The molecule has 104 valence electrons. The molecule has 0 aromatic heterocycles. The van der Waals surface area contributed by atoms with E-state index in [0.717, 1.165) is 6.92 Å². The van der Waals surface area contributed by atoms with Crippen molar-refractivity contribution in [2.24, 2.45) is 0 Å². The zero-order chi connectivity index (χ0) is 13.9. The van der Waals surface area contributed by atoms with Crippen molar-refractivity contribution in [1.82, 2.24) is 0 Å². The first-order valence-electron chi connectivity index (χ1n) is 5.25. The minimum absolute atomic E-state index is 0.220. The van der Waals surface area contributed by atoms with Crippen LogP contribution in [0.4, 0.5) is 0 Å². The second kappa shape index (κ2) is 5.72. The van der Waals surface area contributed by atoms with Crippen molar-refractivity contribution in [3.05, 3.63) is 0 Å². The summed E-state index contributed by atoms with van der Waals surface area (Å²) in [5.41, 5.74) is 0. The molecule has 5 atom stereocenters. The zero-order valence-electron chi connectivity index (χ0n) is 9.98. The molecule has 0 radical (unpaired) electrons. The highest BCUT2D eigenvalue weighted by atomic mass is 16.7. The first kappa shape index (κ1) is 15.0. The van der Waals surface area contributed by atoms with Gasteiger partial charge in [0.25, 0.3) is 5.79 Å². The summed E-state index contributed by atoms with van der Waals surface area (Å²) in [5.74, 6) is -3.33. The van der Waals surface area contributed by atoms with Gasteiger partial charge < -0.3 is 34.3 Å². The van der Waals surface area contributed by atoms with E-state index in [9.17, 15) is 19.8 Å². The predicted molar refractivity (Wildman–Crippen MR) is 55.7 cm³/mol. The van der Waals surface area contributed by atoms with Gasteiger partial charge in [0.15, 0.2) is 6.29 Å². The molecule has 0 spiro atoms. The summed E-state index contributed by atoms with van der Waals surface area (Å²) in [6, 6.07) is 0. The van der Waals surface area contributed by atoms with Crippen molar-refractivity contribution in [3.8, 4) is 0 Å². The van der Waals surface area contributed by atoms with Gasteiger partial charge in [-0.2, -0.15) is 0 Å². The number of aliphatic carboxylic acids is 1. The molecule has 1 rings (SSSR count). The Morgan fingerprint density at radius 3 is 2.67 bits per heavy atom. The molecule has 1 saturated heterocycles. The van der Waals surface area contributed by atoms with E-state index < -0.39 is 36.2 Å². The lowest BCUT2D eigenvalue weighted by molar-refractivity contribution is -0.322. The molecule has 1 fully saturated rings. The maximum absolute atomic E-state index is 11.0. The number of carbonyl (C=O) groups excluding carboxylic acids is 1. The highest BCUT2D eigenvalue weighted by Gasteiger charge is 2.49. The number of methoxy groups -OCH3 is 1. The van der Waals surface area contributed by atoms with Crippen LogP contribution in [0.5, 0.6) is 0 Å². The number of aldehydes is 1. The van der Waals surface area contributed by atoms with Gasteiger partial charge in [0.1, 0.15) is 24.4 Å². The molecule has 3 N–H and O–H groups in total. The monoisotopic (exact) mass is 264 g/mol. The summed E-state index contributed by atoms with van der Waals surface area (Å²) in [6.07, 6.45) is -4.90. The van der Waals surface area contributed by atoms with Crippen molar-refractivity contribution in [2.75, 3.05) is 13.7 Å². The number of carboxylic acid groups (broad SMARTS) is 1. The molecule has 0 aromatic carbocycles. The Morgan fingerprint density at radius 2 is 2.22 bits per heavy atom. The Kier molecular flexibility index (Phi) is 4.77. The third-order valence-corrected chi connectivity index (χ3v) is 2.73. The molecule has 0 aromatic rings. The van der Waals surface area contributed by atoms with E-state index in [0.29, 0.717) is 0 Å². The van der Waals surface area contributed by atoms with Gasteiger partial charge in [-0.05, 0) is 0 Å². The summed E-state index contributed by atoms with van der Waals surface area (Å²) < 4.78 is 14.9. The van der Waals surface area contributed by atoms with Gasteiger partial charge >= 0.3 is 5.97 Å². The lowest BCUT2D eigenvalue weighted by Crippen LogP contribution is -2.60. The Morgan fingerprint density at radius 1 is 1.61 bits per heavy atom. The standard InChI is InChI=1S/C10H16O8/c1-10(9(14)15)17-4-6(13)8(18-10)7(16-2)5(12)3-11/h3,5-8,12-13H,4H2,1-2H3,(H,14,15)/t5-,6+,7+,8+,10-/m0/s1. The Balaban J connectivity index is 2.90. The SMILES string of the molecule is CO[C@@H]([C@@H]1O[C@@](C)(C(=O)O)OC[C@H]1O)[C@@H](O)C=O. The normalized spacial score (nSPS) is 35.8. The molecule has 1 aliphatic heterocycles. The van der Waals surface area contributed by atoms with Crippen LogP contribution in [-0.2, 0) is 23.8 Å². The van der Waals surface area contributed by atoms with E-state index in [1.165, 1.54) is 7.11 Å². The second-order valence-corrected chi connectivity index (χ2v) is 4.04. The van der Waals surface area contributed by atoms with Crippen LogP contribution in [0.15, 0.2) is 0 Å². The summed E-state index contributed by atoms with van der Waals surface area (Å²) in [7, 11) is 1.21. The quantitative estimate of drug-likeness (QED) is 0.494. The lowest BCUT2D eigenvalue weighted by Gasteiger charge is -2.41. The van der Waals surface area contributed by atoms with Gasteiger partial charge in [-0.25, -0.2) is 4.79 Å². The van der Waals surface area contributed by atoms with Crippen LogP contribution in [-0.4, -0.2) is 71.5 Å². The van der Waals surface area contributed by atoms with E-state index in [4.69, 9.17) is 19.3 Å². The minimum atomic E-state index is -1.96. The van der Waals surface area contributed by atoms with E-state index in [2.05, 4.69) is 0 Å². The van der Waals surface area contributed by atoms with Crippen LogP contribution in [0.25, 0.3) is 0 Å². The molecule has 1 aliphatic rings. The fourth-order valence-electron chi connectivity index (χ4n) is 1.65. The van der Waals surface area contributed by atoms with Crippen LogP contribution >= 0.6 is 0 Å². The smallest absolute Gasteiger partial charge is 0.364 e. The molecular weight excluding hydrogens is 248 g/mol. The molecule has 0 bridgehead atoms. The van der Waals surface area contributed by atoms with Crippen LogP contribution in [0, 0.1) is 0 Å². The largest absolute Gasteiger partial charge is 0.477 e. The Bertz CT molecular complexity index is 319. The van der Waals surface area contributed by atoms with Gasteiger partial charge in [-0.3, -0.25) is 0 Å². The molecular formula is C10H16O8. The third kappa shape index (κ3) is 2.85. The molecule has 0 amide bonds. The van der Waals surface area contributed by atoms with Gasteiger partial charge in [0.05, 0.1) is 6.61 Å².